The number of nitrogens with zero attached hydrogens (tertiary/aromatic N) is 4. The van der Waals surface area contributed by atoms with Crippen LogP contribution in [0.2, 0.25) is 0 Å². The lowest BCUT2D eigenvalue weighted by atomic mass is 10.1. The van der Waals surface area contributed by atoms with E-state index in [1.54, 1.807) is 6.20 Å². The van der Waals surface area contributed by atoms with Crippen LogP contribution in [0.1, 0.15) is 0 Å². The first-order valence-corrected chi connectivity index (χ1v) is 7.57. The summed E-state index contributed by atoms with van der Waals surface area (Å²) < 4.78 is 2.91. The molecule has 21 heavy (non-hydrogen) atoms. The highest BCUT2D eigenvalue weighted by molar-refractivity contribution is 14.1. The Morgan fingerprint density at radius 1 is 1.14 bits per heavy atom. The van der Waals surface area contributed by atoms with Gasteiger partial charge < -0.3 is 9.88 Å². The Balaban J connectivity index is 2.23. The highest BCUT2D eigenvalue weighted by Crippen LogP contribution is 2.29. The number of rotatable bonds is 3. The summed E-state index contributed by atoms with van der Waals surface area (Å²) in [6, 6.07) is 10.1. The maximum absolute atomic E-state index is 4.71. The van der Waals surface area contributed by atoms with Gasteiger partial charge in [0, 0.05) is 32.1 Å². The van der Waals surface area contributed by atoms with Gasteiger partial charge in [-0.1, -0.05) is 30.3 Å². The summed E-state index contributed by atoms with van der Waals surface area (Å²) in [6.45, 7) is 0. The number of imidazole rings is 1. The molecule has 0 unspecified atom stereocenters. The van der Waals surface area contributed by atoms with E-state index in [9.17, 15) is 0 Å². The number of anilines is 1. The molecule has 2 aromatic heterocycles. The Bertz CT molecular complexity index is 767. The molecule has 0 aliphatic carbocycles. The van der Waals surface area contributed by atoms with Crippen molar-refractivity contribution in [2.24, 2.45) is 7.05 Å². The lowest BCUT2D eigenvalue weighted by Crippen LogP contribution is -2.05. The Kier molecular flexibility index (Phi) is 3.87. The van der Waals surface area contributed by atoms with Crippen molar-refractivity contribution in [1.82, 2.24) is 19.5 Å². The average Bonchev–Trinajstić information content (AvgIpc) is 2.94. The van der Waals surface area contributed by atoms with E-state index in [0.29, 0.717) is 5.82 Å². The van der Waals surface area contributed by atoms with Crippen LogP contribution >= 0.6 is 22.6 Å². The fourth-order valence-corrected chi connectivity index (χ4v) is 2.90. The number of nitrogens with one attached hydrogen (secondary N) is 1. The van der Waals surface area contributed by atoms with E-state index >= 15 is 0 Å². The van der Waals surface area contributed by atoms with E-state index in [2.05, 4.69) is 37.9 Å². The zero-order valence-electron chi connectivity index (χ0n) is 11.7. The Labute approximate surface area is 136 Å². The van der Waals surface area contributed by atoms with Gasteiger partial charge >= 0.3 is 0 Å². The van der Waals surface area contributed by atoms with Gasteiger partial charge in [-0.05, 0) is 22.6 Å². The standard InChI is InChI=1S/C15H14IN5/c1-17-13-11(16)12(10-6-4-3-5-7-10)19-14(20-13)15-18-8-9-21(15)2/h3-9H,1-2H3,(H,17,19,20). The van der Waals surface area contributed by atoms with E-state index in [-0.39, 0.29) is 0 Å². The van der Waals surface area contributed by atoms with Gasteiger partial charge in [-0.3, -0.25) is 0 Å². The van der Waals surface area contributed by atoms with E-state index in [4.69, 9.17) is 4.98 Å². The van der Waals surface area contributed by atoms with Gasteiger partial charge in [-0.25, -0.2) is 15.0 Å². The fourth-order valence-electron chi connectivity index (χ4n) is 2.08. The molecule has 6 heteroatoms. The zero-order chi connectivity index (χ0) is 14.8. The van der Waals surface area contributed by atoms with Gasteiger partial charge in [-0.15, -0.1) is 0 Å². The van der Waals surface area contributed by atoms with Crippen molar-refractivity contribution < 1.29 is 0 Å². The maximum Gasteiger partial charge on any atom is 0.198 e. The van der Waals surface area contributed by atoms with Gasteiger partial charge in [0.15, 0.2) is 11.6 Å². The SMILES string of the molecule is CNc1nc(-c2nccn2C)nc(-c2ccccc2)c1I. The summed E-state index contributed by atoms with van der Waals surface area (Å²) in [5.41, 5.74) is 1.98. The Morgan fingerprint density at radius 3 is 2.52 bits per heavy atom. The third-order valence-electron chi connectivity index (χ3n) is 3.16. The molecule has 5 nitrogen and oxygen atoms in total. The van der Waals surface area contributed by atoms with Crippen molar-refractivity contribution in [2.45, 2.75) is 0 Å². The number of halogens is 1. The molecular weight excluding hydrogens is 377 g/mol. The fraction of sp³-hybridized carbons (Fsp3) is 0.133. The van der Waals surface area contributed by atoms with Gasteiger partial charge in [0.2, 0.25) is 0 Å². The summed E-state index contributed by atoms with van der Waals surface area (Å²) in [4.78, 5) is 13.6. The van der Waals surface area contributed by atoms with Crippen molar-refractivity contribution in [3.05, 3.63) is 46.3 Å². The van der Waals surface area contributed by atoms with Crippen molar-refractivity contribution >= 4 is 28.4 Å². The van der Waals surface area contributed by atoms with E-state index in [1.165, 1.54) is 0 Å². The third-order valence-corrected chi connectivity index (χ3v) is 4.18. The van der Waals surface area contributed by atoms with Crippen LogP contribution in [-0.4, -0.2) is 26.6 Å². The van der Waals surface area contributed by atoms with Gasteiger partial charge in [-0.2, -0.15) is 0 Å². The van der Waals surface area contributed by atoms with Crippen LogP contribution in [-0.2, 0) is 7.05 Å². The lowest BCUT2D eigenvalue weighted by Gasteiger charge is -2.11. The predicted octanol–water partition coefficient (Wildman–Crippen LogP) is 3.19. The monoisotopic (exact) mass is 391 g/mol. The number of hydrogen-bond acceptors (Lipinski definition) is 4. The molecule has 1 N–H and O–H groups in total. The first-order valence-electron chi connectivity index (χ1n) is 6.49. The second-order valence-electron chi connectivity index (χ2n) is 4.54. The molecule has 0 saturated carbocycles. The Hall–Kier alpha value is -1.96. The molecule has 0 spiro atoms. The quantitative estimate of drug-likeness (QED) is 0.697. The smallest absolute Gasteiger partial charge is 0.198 e. The topological polar surface area (TPSA) is 55.6 Å². The molecule has 0 aliphatic rings. The number of hydrogen-bond donors (Lipinski definition) is 1. The number of aryl methyl sites for hydroxylation is 1. The van der Waals surface area contributed by atoms with Crippen molar-refractivity contribution in [3.63, 3.8) is 0 Å². The van der Waals surface area contributed by atoms with E-state index in [0.717, 1.165) is 26.5 Å². The first kappa shape index (κ1) is 14.0. The molecule has 2 heterocycles. The zero-order valence-corrected chi connectivity index (χ0v) is 13.9. The Morgan fingerprint density at radius 2 is 1.90 bits per heavy atom. The van der Waals surface area contributed by atoms with E-state index < -0.39 is 0 Å². The van der Waals surface area contributed by atoms with Crippen LogP contribution in [0, 0.1) is 3.57 Å². The van der Waals surface area contributed by atoms with Gasteiger partial charge in [0.25, 0.3) is 0 Å². The number of aromatic nitrogens is 4. The molecule has 106 valence electrons. The number of benzene rings is 1. The largest absolute Gasteiger partial charge is 0.372 e. The van der Waals surface area contributed by atoms with Crippen LogP contribution < -0.4 is 5.32 Å². The third kappa shape index (κ3) is 2.63. The highest BCUT2D eigenvalue weighted by atomic mass is 127. The second-order valence-corrected chi connectivity index (χ2v) is 5.61. The minimum Gasteiger partial charge on any atom is -0.372 e. The summed E-state index contributed by atoms with van der Waals surface area (Å²) in [7, 11) is 3.80. The molecule has 0 radical (unpaired) electrons. The van der Waals surface area contributed by atoms with Crippen LogP contribution in [0.25, 0.3) is 22.9 Å². The predicted molar refractivity (Wildman–Crippen MR) is 91.9 cm³/mol. The van der Waals surface area contributed by atoms with Crippen LogP contribution in [0.15, 0.2) is 42.7 Å². The summed E-state index contributed by atoms with van der Waals surface area (Å²) in [5, 5.41) is 3.13. The van der Waals surface area contributed by atoms with Crippen molar-refractivity contribution in [3.8, 4) is 22.9 Å². The molecule has 0 saturated heterocycles. The lowest BCUT2D eigenvalue weighted by molar-refractivity contribution is 0.906. The van der Waals surface area contributed by atoms with Crippen LogP contribution in [0.4, 0.5) is 5.82 Å². The summed E-state index contributed by atoms with van der Waals surface area (Å²) in [6.07, 6.45) is 3.63. The molecule has 0 atom stereocenters. The summed E-state index contributed by atoms with van der Waals surface area (Å²) in [5.74, 6) is 2.17. The molecule has 0 bridgehead atoms. The molecule has 0 amide bonds. The second kappa shape index (κ2) is 5.80. The molecule has 3 rings (SSSR count). The van der Waals surface area contributed by atoms with Gasteiger partial charge in [0.1, 0.15) is 5.82 Å². The first-order chi connectivity index (χ1) is 10.2. The average molecular weight is 391 g/mol. The van der Waals surface area contributed by atoms with Crippen LogP contribution in [0.5, 0.6) is 0 Å². The van der Waals surface area contributed by atoms with Crippen molar-refractivity contribution in [1.29, 1.82) is 0 Å². The minimum absolute atomic E-state index is 0.617. The molecule has 0 fully saturated rings. The molecule has 1 aromatic carbocycles. The van der Waals surface area contributed by atoms with Gasteiger partial charge in [0.05, 0.1) is 9.26 Å². The molecule has 3 aromatic rings. The summed E-state index contributed by atoms with van der Waals surface area (Å²) >= 11 is 2.27. The highest BCUT2D eigenvalue weighted by Gasteiger charge is 2.16. The molecule has 0 aliphatic heterocycles. The maximum atomic E-state index is 4.71. The normalized spacial score (nSPS) is 10.6. The molecular formula is C15H14IN5. The minimum atomic E-state index is 0.617. The van der Waals surface area contributed by atoms with Crippen LogP contribution in [0.3, 0.4) is 0 Å². The van der Waals surface area contributed by atoms with Crippen molar-refractivity contribution in [2.75, 3.05) is 12.4 Å². The van der Waals surface area contributed by atoms with E-state index in [1.807, 2.05) is 55.2 Å².